The summed E-state index contributed by atoms with van der Waals surface area (Å²) in [4.78, 5) is 2.28. The van der Waals surface area contributed by atoms with Crippen LogP contribution in [0, 0.1) is 11.3 Å². The predicted molar refractivity (Wildman–Crippen MR) is 102 cm³/mol. The van der Waals surface area contributed by atoms with Gasteiger partial charge in [-0.3, -0.25) is 5.41 Å². The van der Waals surface area contributed by atoms with E-state index in [1.807, 2.05) is 0 Å². The minimum absolute atomic E-state index is 0.298. The number of likely N-dealkylation sites (tertiary alicyclic amines) is 1. The smallest absolute Gasteiger partial charge is 0.0995 e. The molecule has 2 atom stereocenters. The molecule has 0 radical (unpaired) electrons. The minimum atomic E-state index is 0.298. The van der Waals surface area contributed by atoms with E-state index < -0.39 is 0 Å². The van der Waals surface area contributed by atoms with Crippen LogP contribution in [0.4, 0.5) is 0 Å². The van der Waals surface area contributed by atoms with Gasteiger partial charge in [0.1, 0.15) is 0 Å². The molecule has 0 saturated carbocycles. The highest BCUT2D eigenvalue weighted by Gasteiger charge is 2.31. The van der Waals surface area contributed by atoms with E-state index in [-0.39, 0.29) is 0 Å². The lowest BCUT2D eigenvalue weighted by Crippen LogP contribution is -2.29. The lowest BCUT2D eigenvalue weighted by atomic mass is 9.94. The Morgan fingerprint density at radius 1 is 1.04 bits per heavy atom. The topological polar surface area (TPSA) is 27.1 Å². The second-order valence-electron chi connectivity index (χ2n) is 6.81. The first-order chi connectivity index (χ1) is 11.7. The largest absolute Gasteiger partial charge is 0.354 e. The van der Waals surface area contributed by atoms with Gasteiger partial charge in [0, 0.05) is 12.5 Å². The van der Waals surface area contributed by atoms with Crippen molar-refractivity contribution in [2.75, 3.05) is 6.54 Å². The maximum Gasteiger partial charge on any atom is 0.0995 e. The van der Waals surface area contributed by atoms with Gasteiger partial charge in [-0.1, -0.05) is 61.5 Å². The molecular weight excluding hydrogens is 292 g/mol. The highest BCUT2D eigenvalue weighted by Crippen LogP contribution is 2.31. The zero-order valence-electron chi connectivity index (χ0n) is 14.8. The van der Waals surface area contributed by atoms with Crippen molar-refractivity contribution in [2.24, 2.45) is 5.92 Å². The van der Waals surface area contributed by atoms with E-state index in [0.717, 1.165) is 38.1 Å². The van der Waals surface area contributed by atoms with Crippen LogP contribution in [0.25, 0.3) is 0 Å². The third kappa shape index (κ3) is 3.53. The van der Waals surface area contributed by atoms with Gasteiger partial charge >= 0.3 is 0 Å². The number of benzene rings is 2. The fourth-order valence-electron chi connectivity index (χ4n) is 3.86. The number of amidine groups is 1. The summed E-state index contributed by atoms with van der Waals surface area (Å²) in [5, 5.41) is 8.63. The highest BCUT2D eigenvalue weighted by molar-refractivity contribution is 5.84. The molecule has 1 heterocycles. The Morgan fingerprint density at radius 2 is 1.71 bits per heavy atom. The van der Waals surface area contributed by atoms with Gasteiger partial charge < -0.3 is 4.90 Å². The number of nitrogens with one attached hydrogen (secondary N) is 1. The van der Waals surface area contributed by atoms with Crippen molar-refractivity contribution in [2.45, 2.75) is 45.6 Å². The molecule has 0 unspecified atom stereocenters. The Hall–Kier alpha value is -2.09. The molecule has 0 amide bonds. The second kappa shape index (κ2) is 7.65. The van der Waals surface area contributed by atoms with E-state index >= 15 is 0 Å². The average molecular weight is 320 g/mol. The van der Waals surface area contributed by atoms with Gasteiger partial charge in [-0.15, -0.1) is 0 Å². The monoisotopic (exact) mass is 320 g/mol. The molecular formula is C22H28N2. The molecule has 0 aliphatic carbocycles. The molecule has 1 saturated heterocycles. The number of aryl methyl sites for hydroxylation is 2. The van der Waals surface area contributed by atoms with Gasteiger partial charge in [-0.05, 0) is 49.3 Å². The quantitative estimate of drug-likeness (QED) is 0.774. The molecule has 2 nitrogen and oxygen atoms in total. The molecule has 2 heteroatoms. The summed E-state index contributed by atoms with van der Waals surface area (Å²) >= 11 is 0. The molecule has 2 aromatic carbocycles. The van der Waals surface area contributed by atoms with Crippen molar-refractivity contribution in [3.05, 3.63) is 71.3 Å². The summed E-state index contributed by atoms with van der Waals surface area (Å²) in [5.74, 6) is 1.24. The van der Waals surface area contributed by atoms with Gasteiger partial charge in [-0.2, -0.15) is 0 Å². The molecule has 1 N–H and O–H groups in total. The normalized spacial score (nSPS) is 18.8. The summed E-state index contributed by atoms with van der Waals surface area (Å²) in [5.41, 5.74) is 4.22. The maximum absolute atomic E-state index is 8.63. The number of hydrogen-bond acceptors (Lipinski definition) is 1. The molecule has 24 heavy (non-hydrogen) atoms. The van der Waals surface area contributed by atoms with E-state index in [2.05, 4.69) is 73.3 Å². The van der Waals surface area contributed by atoms with Crippen molar-refractivity contribution in [1.29, 1.82) is 5.41 Å². The Balaban J connectivity index is 1.62. The van der Waals surface area contributed by atoms with Gasteiger partial charge in [0.2, 0.25) is 0 Å². The van der Waals surface area contributed by atoms with Gasteiger partial charge in [-0.25, -0.2) is 0 Å². The van der Waals surface area contributed by atoms with E-state index in [0.29, 0.717) is 12.0 Å². The molecule has 0 spiro atoms. The SMILES string of the molecule is CCc1ccccc1CC[C@@H]1CCN([C@@H](C)c2ccccc2)C1=N. The lowest BCUT2D eigenvalue weighted by Gasteiger charge is -2.27. The molecule has 3 rings (SSSR count). The zero-order chi connectivity index (χ0) is 16.9. The summed E-state index contributed by atoms with van der Waals surface area (Å²) < 4.78 is 0. The Bertz CT molecular complexity index is 677. The van der Waals surface area contributed by atoms with Crippen molar-refractivity contribution in [3.8, 4) is 0 Å². The fraction of sp³-hybridized carbons (Fsp3) is 0.409. The number of nitrogens with zero attached hydrogens (tertiary/aromatic N) is 1. The van der Waals surface area contributed by atoms with E-state index in [1.54, 1.807) is 0 Å². The number of hydrogen-bond donors (Lipinski definition) is 1. The van der Waals surface area contributed by atoms with Crippen LogP contribution >= 0.6 is 0 Å². The molecule has 2 aromatic rings. The van der Waals surface area contributed by atoms with Crippen molar-refractivity contribution in [1.82, 2.24) is 4.90 Å². The molecule has 1 aliphatic rings. The van der Waals surface area contributed by atoms with Crippen molar-refractivity contribution in [3.63, 3.8) is 0 Å². The molecule has 1 aliphatic heterocycles. The summed E-state index contributed by atoms with van der Waals surface area (Å²) in [6, 6.07) is 19.6. The van der Waals surface area contributed by atoms with Crippen LogP contribution in [0.5, 0.6) is 0 Å². The van der Waals surface area contributed by atoms with Crippen LogP contribution < -0.4 is 0 Å². The molecule has 1 fully saturated rings. The Labute approximate surface area is 146 Å². The van der Waals surface area contributed by atoms with Gasteiger partial charge in [0.25, 0.3) is 0 Å². The van der Waals surface area contributed by atoms with Crippen LogP contribution in [-0.4, -0.2) is 17.3 Å². The molecule has 126 valence electrons. The van der Waals surface area contributed by atoms with Crippen LogP contribution in [0.15, 0.2) is 54.6 Å². The first-order valence-corrected chi connectivity index (χ1v) is 9.17. The summed E-state index contributed by atoms with van der Waals surface area (Å²) in [6.07, 6.45) is 4.39. The van der Waals surface area contributed by atoms with E-state index in [9.17, 15) is 0 Å². The van der Waals surface area contributed by atoms with E-state index in [1.165, 1.54) is 16.7 Å². The maximum atomic E-state index is 8.63. The standard InChI is InChI=1S/C22H28N2/c1-3-18-9-7-8-12-20(18)13-14-21-15-16-24(22(21)23)17(2)19-10-5-4-6-11-19/h4-12,17,21,23H,3,13-16H2,1-2H3/t17-,21+/m0/s1. The zero-order valence-corrected chi connectivity index (χ0v) is 14.8. The average Bonchev–Trinajstić information content (AvgIpc) is 3.01. The summed E-state index contributed by atoms with van der Waals surface area (Å²) in [6.45, 7) is 5.45. The lowest BCUT2D eigenvalue weighted by molar-refractivity contribution is 0.362. The predicted octanol–water partition coefficient (Wildman–Crippen LogP) is 5.24. The van der Waals surface area contributed by atoms with E-state index in [4.69, 9.17) is 5.41 Å². The first-order valence-electron chi connectivity index (χ1n) is 9.17. The second-order valence-corrected chi connectivity index (χ2v) is 6.81. The fourth-order valence-corrected chi connectivity index (χ4v) is 3.86. The van der Waals surface area contributed by atoms with Crippen molar-refractivity contribution >= 4 is 5.84 Å². The molecule has 0 aromatic heterocycles. The summed E-state index contributed by atoms with van der Waals surface area (Å²) in [7, 11) is 0. The number of rotatable bonds is 6. The van der Waals surface area contributed by atoms with Crippen LogP contribution in [-0.2, 0) is 12.8 Å². The minimum Gasteiger partial charge on any atom is -0.354 e. The first kappa shape index (κ1) is 16.8. The van der Waals surface area contributed by atoms with Crippen LogP contribution in [0.1, 0.15) is 49.4 Å². The van der Waals surface area contributed by atoms with Gasteiger partial charge in [0.05, 0.1) is 11.9 Å². The van der Waals surface area contributed by atoms with Gasteiger partial charge in [0.15, 0.2) is 0 Å². The van der Waals surface area contributed by atoms with Crippen LogP contribution in [0.2, 0.25) is 0 Å². The third-order valence-electron chi connectivity index (χ3n) is 5.43. The molecule has 0 bridgehead atoms. The third-order valence-corrected chi connectivity index (χ3v) is 5.43. The Morgan fingerprint density at radius 3 is 2.42 bits per heavy atom. The highest BCUT2D eigenvalue weighted by atomic mass is 15.2. The van der Waals surface area contributed by atoms with Crippen molar-refractivity contribution < 1.29 is 0 Å². The Kier molecular flexibility index (Phi) is 5.34. The van der Waals surface area contributed by atoms with Crippen LogP contribution in [0.3, 0.4) is 0 Å².